The van der Waals surface area contributed by atoms with Crippen LogP contribution in [0, 0.1) is 0 Å². The first-order chi connectivity index (χ1) is 7.92. The van der Waals surface area contributed by atoms with E-state index in [0.717, 1.165) is 13.0 Å². The van der Waals surface area contributed by atoms with Crippen LogP contribution in [-0.4, -0.2) is 6.54 Å². The third-order valence-electron chi connectivity index (χ3n) is 3.14. The predicted octanol–water partition coefficient (Wildman–Crippen LogP) is 3.25. The van der Waals surface area contributed by atoms with Gasteiger partial charge in [-0.05, 0) is 35.6 Å². The molecule has 1 heteroatoms. The Labute approximate surface area is 96.1 Å². The predicted molar refractivity (Wildman–Crippen MR) is 67.9 cm³/mol. The monoisotopic (exact) mass is 209 g/mol. The summed E-state index contributed by atoms with van der Waals surface area (Å²) in [5.41, 5.74) is 5.55. The molecule has 0 atom stereocenters. The molecule has 1 aliphatic rings. The molecule has 0 aliphatic carbocycles. The summed E-state index contributed by atoms with van der Waals surface area (Å²) in [6, 6.07) is 17.4. The molecule has 3 rings (SSSR count). The Balaban J connectivity index is 1.86. The SMILES string of the molecule is c1ccc(Cc2ccc3c(c2)NCC3)cc1. The zero-order valence-electron chi connectivity index (χ0n) is 9.24. The molecule has 0 spiro atoms. The van der Waals surface area contributed by atoms with Crippen LogP contribution in [0.25, 0.3) is 0 Å². The van der Waals surface area contributed by atoms with Crippen LogP contribution in [0.2, 0.25) is 0 Å². The molecule has 2 aromatic rings. The molecular weight excluding hydrogens is 194 g/mol. The molecule has 0 saturated carbocycles. The van der Waals surface area contributed by atoms with Crippen molar-refractivity contribution in [1.82, 2.24) is 0 Å². The van der Waals surface area contributed by atoms with Gasteiger partial charge in [-0.3, -0.25) is 0 Å². The molecule has 0 bridgehead atoms. The highest BCUT2D eigenvalue weighted by atomic mass is 14.9. The fraction of sp³-hybridized carbons (Fsp3) is 0.200. The largest absolute Gasteiger partial charge is 0.384 e. The normalized spacial score (nSPS) is 13.2. The van der Waals surface area contributed by atoms with Gasteiger partial charge in [0.25, 0.3) is 0 Å². The summed E-state index contributed by atoms with van der Waals surface area (Å²) >= 11 is 0. The zero-order valence-corrected chi connectivity index (χ0v) is 9.24. The molecular formula is C15H15N. The van der Waals surface area contributed by atoms with E-state index >= 15 is 0 Å². The number of hydrogen-bond acceptors (Lipinski definition) is 1. The summed E-state index contributed by atoms with van der Waals surface area (Å²) in [6.07, 6.45) is 2.19. The average Bonchev–Trinajstić information content (AvgIpc) is 2.77. The summed E-state index contributed by atoms with van der Waals surface area (Å²) in [5.74, 6) is 0. The van der Waals surface area contributed by atoms with Crippen molar-refractivity contribution in [3.8, 4) is 0 Å². The summed E-state index contributed by atoms with van der Waals surface area (Å²) < 4.78 is 0. The molecule has 1 nitrogen and oxygen atoms in total. The Morgan fingerprint density at radius 2 is 1.81 bits per heavy atom. The number of rotatable bonds is 2. The van der Waals surface area contributed by atoms with Crippen molar-refractivity contribution in [3.63, 3.8) is 0 Å². The number of benzene rings is 2. The van der Waals surface area contributed by atoms with Gasteiger partial charge < -0.3 is 5.32 Å². The van der Waals surface area contributed by atoms with Crippen LogP contribution in [0.3, 0.4) is 0 Å². The fourth-order valence-electron chi connectivity index (χ4n) is 2.28. The van der Waals surface area contributed by atoms with Gasteiger partial charge in [0, 0.05) is 12.2 Å². The Hall–Kier alpha value is -1.76. The Morgan fingerprint density at radius 3 is 2.69 bits per heavy atom. The molecule has 1 aliphatic heterocycles. The van der Waals surface area contributed by atoms with Crippen LogP contribution in [0.5, 0.6) is 0 Å². The van der Waals surface area contributed by atoms with Crippen LogP contribution in [0.4, 0.5) is 5.69 Å². The van der Waals surface area contributed by atoms with Crippen LogP contribution >= 0.6 is 0 Å². The van der Waals surface area contributed by atoms with E-state index in [1.54, 1.807) is 0 Å². The van der Waals surface area contributed by atoms with Crippen LogP contribution < -0.4 is 5.32 Å². The van der Waals surface area contributed by atoms with E-state index in [0.29, 0.717) is 0 Å². The van der Waals surface area contributed by atoms with Gasteiger partial charge in [0.2, 0.25) is 0 Å². The molecule has 0 aromatic heterocycles. The van der Waals surface area contributed by atoms with E-state index in [4.69, 9.17) is 0 Å². The maximum Gasteiger partial charge on any atom is 0.0376 e. The second kappa shape index (κ2) is 4.01. The van der Waals surface area contributed by atoms with E-state index in [1.807, 2.05) is 0 Å². The van der Waals surface area contributed by atoms with Gasteiger partial charge in [0.05, 0.1) is 0 Å². The zero-order chi connectivity index (χ0) is 10.8. The van der Waals surface area contributed by atoms with Crippen molar-refractivity contribution in [2.75, 3.05) is 11.9 Å². The number of fused-ring (bicyclic) bond motifs is 1. The highest BCUT2D eigenvalue weighted by Crippen LogP contribution is 2.24. The second-order valence-electron chi connectivity index (χ2n) is 4.33. The minimum absolute atomic E-state index is 1.02. The maximum atomic E-state index is 3.43. The molecule has 0 radical (unpaired) electrons. The third kappa shape index (κ3) is 1.81. The third-order valence-corrected chi connectivity index (χ3v) is 3.14. The van der Waals surface area contributed by atoms with E-state index in [2.05, 4.69) is 53.8 Å². The number of nitrogens with one attached hydrogen (secondary N) is 1. The Kier molecular flexibility index (Phi) is 2.37. The van der Waals surface area contributed by atoms with E-state index in [9.17, 15) is 0 Å². The van der Waals surface area contributed by atoms with Gasteiger partial charge in [0.1, 0.15) is 0 Å². The van der Waals surface area contributed by atoms with Gasteiger partial charge in [0.15, 0.2) is 0 Å². The van der Waals surface area contributed by atoms with Crippen molar-refractivity contribution in [2.45, 2.75) is 12.8 Å². The van der Waals surface area contributed by atoms with Gasteiger partial charge in [-0.15, -0.1) is 0 Å². The molecule has 0 fully saturated rings. The smallest absolute Gasteiger partial charge is 0.0376 e. The standard InChI is InChI=1S/C15H15N/c1-2-4-12(5-3-1)10-13-6-7-14-8-9-16-15(14)11-13/h1-7,11,16H,8-10H2. The minimum atomic E-state index is 1.02. The van der Waals surface area contributed by atoms with E-state index in [-0.39, 0.29) is 0 Å². The second-order valence-corrected chi connectivity index (χ2v) is 4.33. The first-order valence-electron chi connectivity index (χ1n) is 5.81. The fourth-order valence-corrected chi connectivity index (χ4v) is 2.28. The highest BCUT2D eigenvalue weighted by molar-refractivity contribution is 5.57. The quantitative estimate of drug-likeness (QED) is 0.800. The van der Waals surface area contributed by atoms with Crippen molar-refractivity contribution >= 4 is 5.69 Å². The topological polar surface area (TPSA) is 12.0 Å². The van der Waals surface area contributed by atoms with E-state index < -0.39 is 0 Å². The molecule has 0 amide bonds. The first kappa shape index (κ1) is 9.46. The molecule has 2 aromatic carbocycles. The summed E-state index contributed by atoms with van der Waals surface area (Å²) in [6.45, 7) is 1.09. The van der Waals surface area contributed by atoms with Crippen molar-refractivity contribution in [3.05, 3.63) is 65.2 Å². The molecule has 16 heavy (non-hydrogen) atoms. The van der Waals surface area contributed by atoms with Crippen molar-refractivity contribution in [2.24, 2.45) is 0 Å². The summed E-state index contributed by atoms with van der Waals surface area (Å²) in [4.78, 5) is 0. The lowest BCUT2D eigenvalue weighted by molar-refractivity contribution is 1.10. The molecule has 0 saturated heterocycles. The van der Waals surface area contributed by atoms with E-state index in [1.165, 1.54) is 28.8 Å². The lowest BCUT2D eigenvalue weighted by Crippen LogP contribution is -1.92. The van der Waals surface area contributed by atoms with Crippen molar-refractivity contribution < 1.29 is 0 Å². The summed E-state index contributed by atoms with van der Waals surface area (Å²) in [5, 5.41) is 3.43. The molecule has 1 heterocycles. The van der Waals surface area contributed by atoms with Crippen LogP contribution in [-0.2, 0) is 12.8 Å². The lowest BCUT2D eigenvalue weighted by Gasteiger charge is -2.05. The maximum absolute atomic E-state index is 3.43. The average molecular weight is 209 g/mol. The van der Waals surface area contributed by atoms with Crippen LogP contribution in [0.15, 0.2) is 48.5 Å². The minimum Gasteiger partial charge on any atom is -0.384 e. The van der Waals surface area contributed by atoms with Crippen molar-refractivity contribution in [1.29, 1.82) is 0 Å². The molecule has 1 N–H and O–H groups in total. The molecule has 80 valence electrons. The highest BCUT2D eigenvalue weighted by Gasteiger charge is 2.09. The van der Waals surface area contributed by atoms with Gasteiger partial charge in [-0.2, -0.15) is 0 Å². The number of anilines is 1. The Bertz CT molecular complexity index is 488. The van der Waals surface area contributed by atoms with Gasteiger partial charge in [-0.25, -0.2) is 0 Å². The van der Waals surface area contributed by atoms with Crippen LogP contribution in [0.1, 0.15) is 16.7 Å². The van der Waals surface area contributed by atoms with Gasteiger partial charge in [-0.1, -0.05) is 42.5 Å². The Morgan fingerprint density at radius 1 is 0.938 bits per heavy atom. The first-order valence-corrected chi connectivity index (χ1v) is 5.81. The summed E-state index contributed by atoms with van der Waals surface area (Å²) in [7, 11) is 0. The van der Waals surface area contributed by atoms with Gasteiger partial charge >= 0.3 is 0 Å². The lowest BCUT2D eigenvalue weighted by atomic mass is 10.0. The molecule has 0 unspecified atom stereocenters. The number of hydrogen-bond donors (Lipinski definition) is 1.